The Labute approximate surface area is 244 Å². The van der Waals surface area contributed by atoms with Crippen LogP contribution in [-0.2, 0) is 6.42 Å². The Balaban J connectivity index is 1.08. The second kappa shape index (κ2) is 13.1. The number of benzene rings is 5. The fourth-order valence-electron chi connectivity index (χ4n) is 6.12. The van der Waals surface area contributed by atoms with Crippen molar-refractivity contribution in [1.29, 1.82) is 0 Å². The van der Waals surface area contributed by atoms with Crippen LogP contribution < -0.4 is 0 Å². The van der Waals surface area contributed by atoms with Gasteiger partial charge in [0.15, 0.2) is 0 Å². The molecule has 0 N–H and O–H groups in total. The summed E-state index contributed by atoms with van der Waals surface area (Å²) in [5, 5.41) is 7.18. The summed E-state index contributed by atoms with van der Waals surface area (Å²) in [5.41, 5.74) is 5.28. The molecular formula is C40H40O. The summed E-state index contributed by atoms with van der Waals surface area (Å²) >= 11 is 0. The van der Waals surface area contributed by atoms with E-state index in [4.69, 9.17) is 4.42 Å². The fourth-order valence-corrected chi connectivity index (χ4v) is 6.12. The van der Waals surface area contributed by atoms with Crippen LogP contribution in [0.2, 0.25) is 0 Å². The van der Waals surface area contributed by atoms with Crippen LogP contribution in [0.1, 0.15) is 87.8 Å². The normalized spacial score (nSPS) is 11.4. The lowest BCUT2D eigenvalue weighted by molar-refractivity contribution is 0.556. The summed E-state index contributed by atoms with van der Waals surface area (Å²) in [5.74, 6) is 6.71. The van der Waals surface area contributed by atoms with Gasteiger partial charge in [0.05, 0.1) is 0 Å². The summed E-state index contributed by atoms with van der Waals surface area (Å²) in [6, 6.07) is 32.5. The van der Waals surface area contributed by atoms with Gasteiger partial charge in [-0.2, -0.15) is 0 Å². The molecule has 1 aromatic heterocycles. The quantitative estimate of drug-likeness (QED) is 0.0911. The van der Waals surface area contributed by atoms with Gasteiger partial charge in [-0.3, -0.25) is 0 Å². The number of rotatable bonds is 11. The van der Waals surface area contributed by atoms with Crippen LogP contribution in [0.3, 0.4) is 0 Å². The first-order valence-electron chi connectivity index (χ1n) is 15.7. The topological polar surface area (TPSA) is 13.1 Å². The van der Waals surface area contributed by atoms with Crippen molar-refractivity contribution in [3.8, 4) is 11.8 Å². The first-order chi connectivity index (χ1) is 20.3. The van der Waals surface area contributed by atoms with Crippen molar-refractivity contribution in [2.75, 3.05) is 0 Å². The number of aryl methyl sites for hydroxylation is 1. The maximum atomic E-state index is 6.44. The minimum atomic E-state index is 0.888. The fraction of sp³-hybridized carbons (Fsp3) is 0.300. The van der Waals surface area contributed by atoms with E-state index in [2.05, 4.69) is 110 Å². The van der Waals surface area contributed by atoms with Crippen LogP contribution >= 0.6 is 0 Å². The maximum absolute atomic E-state index is 6.44. The lowest BCUT2D eigenvalue weighted by atomic mass is 10.00. The van der Waals surface area contributed by atoms with E-state index in [1.165, 1.54) is 85.9 Å². The molecule has 0 spiro atoms. The highest BCUT2D eigenvalue weighted by atomic mass is 16.3. The molecule has 5 aromatic carbocycles. The summed E-state index contributed by atoms with van der Waals surface area (Å²) in [6.07, 6.45) is 15.0. The van der Waals surface area contributed by atoms with E-state index in [-0.39, 0.29) is 0 Å². The van der Waals surface area contributed by atoms with E-state index in [0.29, 0.717) is 0 Å². The average Bonchev–Trinajstić information content (AvgIpc) is 3.39. The van der Waals surface area contributed by atoms with Crippen molar-refractivity contribution in [2.45, 2.75) is 77.6 Å². The van der Waals surface area contributed by atoms with Crippen LogP contribution in [0.15, 0.2) is 95.4 Å². The molecule has 0 fully saturated rings. The average molecular weight is 537 g/mol. The Morgan fingerprint density at radius 1 is 0.512 bits per heavy atom. The molecule has 0 aliphatic rings. The zero-order valence-corrected chi connectivity index (χ0v) is 24.3. The summed E-state index contributed by atoms with van der Waals surface area (Å²) < 4.78 is 6.44. The van der Waals surface area contributed by atoms with Crippen molar-refractivity contribution < 1.29 is 4.42 Å². The third kappa shape index (κ3) is 6.34. The van der Waals surface area contributed by atoms with E-state index < -0.39 is 0 Å². The van der Waals surface area contributed by atoms with E-state index in [9.17, 15) is 0 Å². The van der Waals surface area contributed by atoms with Gasteiger partial charge in [-0.1, -0.05) is 125 Å². The molecule has 1 heteroatoms. The molecule has 1 nitrogen and oxygen atoms in total. The molecule has 0 aliphatic heterocycles. The van der Waals surface area contributed by atoms with Crippen LogP contribution in [0, 0.1) is 11.8 Å². The van der Waals surface area contributed by atoms with Crippen molar-refractivity contribution in [1.82, 2.24) is 0 Å². The van der Waals surface area contributed by atoms with Gasteiger partial charge < -0.3 is 4.42 Å². The van der Waals surface area contributed by atoms with Gasteiger partial charge >= 0.3 is 0 Å². The lowest BCUT2D eigenvalue weighted by Gasteiger charge is -2.04. The van der Waals surface area contributed by atoms with E-state index in [1.807, 2.05) is 0 Å². The van der Waals surface area contributed by atoms with E-state index in [0.717, 1.165) is 44.9 Å². The smallest absolute Gasteiger partial charge is 0.143 e. The molecule has 0 radical (unpaired) electrons. The molecule has 1 heterocycles. The van der Waals surface area contributed by atoms with Crippen LogP contribution in [0.25, 0.3) is 43.5 Å². The van der Waals surface area contributed by atoms with Gasteiger partial charge in [-0.05, 0) is 77.0 Å². The van der Waals surface area contributed by atoms with E-state index >= 15 is 0 Å². The van der Waals surface area contributed by atoms with Gasteiger partial charge in [0.25, 0.3) is 0 Å². The second-order valence-corrected chi connectivity index (χ2v) is 11.5. The number of fused-ring (bicyclic) bond motifs is 7. The lowest BCUT2D eigenvalue weighted by Crippen LogP contribution is -1.87. The molecule has 6 aromatic rings. The molecule has 0 saturated carbocycles. The van der Waals surface area contributed by atoms with Crippen LogP contribution in [0.4, 0.5) is 0 Å². The summed E-state index contributed by atoms with van der Waals surface area (Å²) in [7, 11) is 0. The number of furan rings is 1. The van der Waals surface area contributed by atoms with Crippen molar-refractivity contribution in [2.24, 2.45) is 0 Å². The Morgan fingerprint density at radius 3 is 1.93 bits per heavy atom. The molecule has 0 atom stereocenters. The van der Waals surface area contributed by atoms with Gasteiger partial charge in [-0.15, -0.1) is 0 Å². The van der Waals surface area contributed by atoms with Crippen LogP contribution in [-0.4, -0.2) is 0 Å². The van der Waals surface area contributed by atoms with Crippen molar-refractivity contribution >= 4 is 43.5 Å². The zero-order valence-electron chi connectivity index (χ0n) is 24.3. The molecule has 0 unspecified atom stereocenters. The molecule has 206 valence electrons. The monoisotopic (exact) mass is 536 g/mol. The van der Waals surface area contributed by atoms with Gasteiger partial charge in [0.1, 0.15) is 11.2 Å². The molecule has 0 saturated heterocycles. The Hall–Kier alpha value is -4.02. The second-order valence-electron chi connectivity index (χ2n) is 11.5. The minimum Gasteiger partial charge on any atom is -0.455 e. The number of unbranched alkanes of at least 4 members (excludes halogenated alkanes) is 9. The molecule has 0 aliphatic carbocycles. The Kier molecular flexibility index (Phi) is 8.68. The highest BCUT2D eigenvalue weighted by Crippen LogP contribution is 2.36. The summed E-state index contributed by atoms with van der Waals surface area (Å²) in [6.45, 7) is 2.29. The van der Waals surface area contributed by atoms with Crippen LogP contribution in [0.5, 0.6) is 0 Å². The van der Waals surface area contributed by atoms with Crippen molar-refractivity contribution in [3.63, 3.8) is 0 Å². The summed E-state index contributed by atoms with van der Waals surface area (Å²) in [4.78, 5) is 0. The SMILES string of the molecule is CCCCCCCCCCCCc1ccc(C#Cc2ccc3c(c2)oc2c3ccc3c4ccccc4ccc32)cc1. The van der Waals surface area contributed by atoms with Gasteiger partial charge in [-0.25, -0.2) is 0 Å². The van der Waals surface area contributed by atoms with Gasteiger partial charge in [0, 0.05) is 27.3 Å². The highest BCUT2D eigenvalue weighted by molar-refractivity contribution is 6.20. The van der Waals surface area contributed by atoms with E-state index in [1.54, 1.807) is 0 Å². The molecular weight excluding hydrogens is 496 g/mol. The zero-order chi connectivity index (χ0) is 27.9. The highest BCUT2D eigenvalue weighted by Gasteiger charge is 2.12. The largest absolute Gasteiger partial charge is 0.455 e. The first kappa shape index (κ1) is 27.2. The Bertz CT molecular complexity index is 1820. The van der Waals surface area contributed by atoms with Crippen molar-refractivity contribution in [3.05, 3.63) is 108 Å². The Morgan fingerprint density at radius 2 is 1.12 bits per heavy atom. The first-order valence-corrected chi connectivity index (χ1v) is 15.7. The standard InChI is InChI=1S/C40H40O/c1-2-3-4-5-6-7-8-9-10-11-14-30-17-19-31(20-18-30)21-22-32-23-25-36-38-28-27-35-34-16-13-12-15-33(34)24-26-37(35)40(38)41-39(36)29-32/h12-13,15-20,23-29H,2-11,14H2,1H3. The minimum absolute atomic E-state index is 0.888. The molecule has 41 heavy (non-hydrogen) atoms. The third-order valence-electron chi connectivity index (χ3n) is 8.48. The number of hydrogen-bond acceptors (Lipinski definition) is 1. The number of hydrogen-bond donors (Lipinski definition) is 0. The molecule has 0 amide bonds. The van der Waals surface area contributed by atoms with Gasteiger partial charge in [0.2, 0.25) is 0 Å². The predicted octanol–water partition coefficient (Wildman–Crippen LogP) is 11.8. The molecule has 0 bridgehead atoms. The third-order valence-corrected chi connectivity index (χ3v) is 8.48. The maximum Gasteiger partial charge on any atom is 0.143 e. The predicted molar refractivity (Wildman–Crippen MR) is 177 cm³/mol. The molecule has 6 rings (SSSR count).